The molecule has 27 heavy (non-hydrogen) atoms. The third-order valence-electron chi connectivity index (χ3n) is 5.40. The first kappa shape index (κ1) is 18.0. The summed E-state index contributed by atoms with van der Waals surface area (Å²) in [7, 11) is 0. The van der Waals surface area contributed by atoms with E-state index < -0.39 is 11.9 Å². The van der Waals surface area contributed by atoms with E-state index in [2.05, 4.69) is 22.2 Å². The lowest BCUT2D eigenvalue weighted by Crippen LogP contribution is -2.34. The monoisotopic (exact) mass is 378 g/mol. The summed E-state index contributed by atoms with van der Waals surface area (Å²) < 4.78 is 40.8. The van der Waals surface area contributed by atoms with E-state index in [0.717, 1.165) is 29.8 Å². The van der Waals surface area contributed by atoms with E-state index in [1.807, 2.05) is 4.90 Å². The third kappa shape index (κ3) is 3.44. The Bertz CT molecular complexity index is 902. The van der Waals surface area contributed by atoms with E-state index in [1.54, 1.807) is 6.07 Å². The number of likely N-dealkylation sites (tertiary alicyclic amines) is 1. The number of carbonyl (C=O) groups excluding carboxylic acids is 1. The SMILES string of the molecule is Cc1cc(C(F)(F)F)n2nc([C@H]3CCN(C(=O)[C@H]4CC=CCC4)C3)cc2n1. The maximum Gasteiger partial charge on any atom is 0.433 e. The van der Waals surface area contributed by atoms with Crippen LogP contribution in [0.1, 0.15) is 48.7 Å². The Morgan fingerprint density at radius 1 is 1.22 bits per heavy atom. The molecule has 0 saturated carbocycles. The van der Waals surface area contributed by atoms with E-state index in [-0.39, 0.29) is 23.4 Å². The van der Waals surface area contributed by atoms with Crippen molar-refractivity contribution in [2.45, 2.75) is 44.7 Å². The van der Waals surface area contributed by atoms with Gasteiger partial charge in [-0.15, -0.1) is 0 Å². The standard InChI is InChI=1S/C19H21F3N4O/c1-12-9-16(19(20,21)22)26-17(23-12)10-15(24-26)14-7-8-25(11-14)18(27)13-5-3-2-4-6-13/h2-3,9-10,13-14H,4-8,11H2,1H3/t13-,14-/m0/s1. The van der Waals surface area contributed by atoms with Gasteiger partial charge in [-0.25, -0.2) is 9.50 Å². The first-order valence-electron chi connectivity index (χ1n) is 9.21. The Morgan fingerprint density at radius 2 is 2.04 bits per heavy atom. The van der Waals surface area contributed by atoms with Gasteiger partial charge in [-0.1, -0.05) is 12.2 Å². The lowest BCUT2D eigenvalue weighted by molar-refractivity contribution is -0.142. The second-order valence-corrected chi connectivity index (χ2v) is 7.37. The summed E-state index contributed by atoms with van der Waals surface area (Å²) >= 11 is 0. The van der Waals surface area contributed by atoms with Crippen molar-refractivity contribution >= 4 is 11.6 Å². The summed E-state index contributed by atoms with van der Waals surface area (Å²) in [5.41, 5.74) is 0.239. The highest BCUT2D eigenvalue weighted by atomic mass is 19.4. The number of amides is 1. The zero-order valence-corrected chi connectivity index (χ0v) is 15.0. The average molecular weight is 378 g/mol. The molecule has 0 aromatic carbocycles. The van der Waals surface area contributed by atoms with Crippen LogP contribution in [-0.4, -0.2) is 38.5 Å². The van der Waals surface area contributed by atoms with E-state index >= 15 is 0 Å². The number of fused-ring (bicyclic) bond motifs is 1. The van der Waals surface area contributed by atoms with Gasteiger partial charge in [0.15, 0.2) is 5.65 Å². The smallest absolute Gasteiger partial charge is 0.342 e. The first-order valence-corrected chi connectivity index (χ1v) is 9.21. The van der Waals surface area contributed by atoms with Gasteiger partial charge in [0.1, 0.15) is 5.69 Å². The van der Waals surface area contributed by atoms with Crippen LogP contribution in [0.2, 0.25) is 0 Å². The van der Waals surface area contributed by atoms with Crippen LogP contribution >= 0.6 is 0 Å². The lowest BCUT2D eigenvalue weighted by atomic mass is 9.93. The predicted molar refractivity (Wildman–Crippen MR) is 93.1 cm³/mol. The molecule has 4 rings (SSSR count). The quantitative estimate of drug-likeness (QED) is 0.749. The molecule has 1 saturated heterocycles. The summed E-state index contributed by atoms with van der Waals surface area (Å²) in [6, 6.07) is 2.62. The molecule has 1 amide bonds. The topological polar surface area (TPSA) is 50.5 Å². The number of nitrogens with zero attached hydrogens (tertiary/aromatic N) is 4. The van der Waals surface area contributed by atoms with Crippen LogP contribution in [0.15, 0.2) is 24.3 Å². The maximum atomic E-state index is 13.3. The van der Waals surface area contributed by atoms with Crippen molar-refractivity contribution in [3.05, 3.63) is 41.4 Å². The van der Waals surface area contributed by atoms with Crippen molar-refractivity contribution in [2.24, 2.45) is 5.92 Å². The number of aromatic nitrogens is 3. The number of halogens is 3. The molecule has 1 aliphatic heterocycles. The molecule has 2 aliphatic rings. The largest absolute Gasteiger partial charge is 0.433 e. The number of rotatable bonds is 2. The minimum atomic E-state index is -4.50. The molecule has 0 unspecified atom stereocenters. The van der Waals surface area contributed by atoms with Crippen molar-refractivity contribution in [3.8, 4) is 0 Å². The molecule has 1 fully saturated rings. The Labute approximate surface area is 154 Å². The fourth-order valence-corrected chi connectivity index (χ4v) is 4.00. The summed E-state index contributed by atoms with van der Waals surface area (Å²) in [6.07, 6.45) is 2.91. The van der Waals surface area contributed by atoms with Crippen molar-refractivity contribution in [2.75, 3.05) is 13.1 Å². The van der Waals surface area contributed by atoms with E-state index in [1.165, 1.54) is 6.92 Å². The molecular weight excluding hydrogens is 357 g/mol. The fourth-order valence-electron chi connectivity index (χ4n) is 4.00. The van der Waals surface area contributed by atoms with Crippen molar-refractivity contribution < 1.29 is 18.0 Å². The number of alkyl halides is 3. The molecule has 3 heterocycles. The molecule has 5 nitrogen and oxygen atoms in total. The zero-order valence-electron chi connectivity index (χ0n) is 15.0. The van der Waals surface area contributed by atoms with Crippen molar-refractivity contribution in [1.29, 1.82) is 0 Å². The van der Waals surface area contributed by atoms with Crippen LogP contribution < -0.4 is 0 Å². The van der Waals surface area contributed by atoms with Gasteiger partial charge in [0, 0.05) is 36.7 Å². The van der Waals surface area contributed by atoms with Crippen molar-refractivity contribution in [1.82, 2.24) is 19.5 Å². The summed E-state index contributed by atoms with van der Waals surface area (Å²) in [6.45, 7) is 2.66. The highest BCUT2D eigenvalue weighted by molar-refractivity contribution is 5.79. The highest BCUT2D eigenvalue weighted by Crippen LogP contribution is 2.33. The van der Waals surface area contributed by atoms with Crippen LogP contribution in [0.4, 0.5) is 13.2 Å². The number of hydrogen-bond acceptors (Lipinski definition) is 3. The molecule has 8 heteroatoms. The summed E-state index contributed by atoms with van der Waals surface area (Å²) in [5.74, 6) is 0.114. The Hall–Kier alpha value is -2.38. The maximum absolute atomic E-state index is 13.3. The van der Waals surface area contributed by atoms with Crippen molar-refractivity contribution in [3.63, 3.8) is 0 Å². The van der Waals surface area contributed by atoms with Gasteiger partial charge < -0.3 is 4.90 Å². The van der Waals surface area contributed by atoms with Gasteiger partial charge in [-0.2, -0.15) is 18.3 Å². The molecule has 2 aromatic heterocycles. The number of allylic oxidation sites excluding steroid dienone is 2. The number of carbonyl (C=O) groups is 1. The van der Waals surface area contributed by atoms with Gasteiger partial charge in [0.05, 0.1) is 5.69 Å². The van der Waals surface area contributed by atoms with Gasteiger partial charge in [0.2, 0.25) is 5.91 Å². The molecular formula is C19H21F3N4O. The Kier molecular flexibility index (Phi) is 4.44. The van der Waals surface area contributed by atoms with Crippen LogP contribution in [0.25, 0.3) is 5.65 Å². The average Bonchev–Trinajstić information content (AvgIpc) is 3.27. The molecule has 0 spiro atoms. The Balaban J connectivity index is 1.57. The predicted octanol–water partition coefficient (Wildman–Crippen LogP) is 3.73. The van der Waals surface area contributed by atoms with E-state index in [4.69, 9.17) is 0 Å². The molecule has 2 aromatic rings. The molecule has 0 bridgehead atoms. The summed E-state index contributed by atoms with van der Waals surface area (Å²) in [4.78, 5) is 18.7. The molecule has 1 aliphatic carbocycles. The van der Waals surface area contributed by atoms with Crippen LogP contribution in [0.5, 0.6) is 0 Å². The molecule has 144 valence electrons. The van der Waals surface area contributed by atoms with Gasteiger partial charge in [0.25, 0.3) is 0 Å². The second kappa shape index (κ2) is 6.65. The number of aryl methyl sites for hydroxylation is 1. The number of hydrogen-bond donors (Lipinski definition) is 0. The lowest BCUT2D eigenvalue weighted by Gasteiger charge is -2.24. The van der Waals surface area contributed by atoms with Gasteiger partial charge in [-0.3, -0.25) is 4.79 Å². The normalized spacial score (nSPS) is 23.3. The third-order valence-corrected chi connectivity index (χ3v) is 5.40. The molecule has 0 radical (unpaired) electrons. The fraction of sp³-hybridized carbons (Fsp3) is 0.526. The van der Waals surface area contributed by atoms with Gasteiger partial charge >= 0.3 is 6.18 Å². The minimum absolute atomic E-state index is 0.0240. The highest BCUT2D eigenvalue weighted by Gasteiger charge is 2.36. The van der Waals surface area contributed by atoms with Crippen LogP contribution in [0.3, 0.4) is 0 Å². The van der Waals surface area contributed by atoms with Gasteiger partial charge in [-0.05, 0) is 38.7 Å². The van der Waals surface area contributed by atoms with Crippen LogP contribution in [0, 0.1) is 12.8 Å². The Morgan fingerprint density at radius 3 is 2.74 bits per heavy atom. The van der Waals surface area contributed by atoms with E-state index in [0.29, 0.717) is 30.9 Å². The van der Waals surface area contributed by atoms with E-state index in [9.17, 15) is 18.0 Å². The minimum Gasteiger partial charge on any atom is -0.342 e. The molecule has 0 N–H and O–H groups in total. The first-order chi connectivity index (χ1) is 12.8. The molecule has 2 atom stereocenters. The zero-order chi connectivity index (χ0) is 19.2. The second-order valence-electron chi connectivity index (χ2n) is 7.37. The van der Waals surface area contributed by atoms with Crippen LogP contribution in [-0.2, 0) is 11.0 Å². The summed E-state index contributed by atoms with van der Waals surface area (Å²) in [5, 5.41) is 4.19.